The summed E-state index contributed by atoms with van der Waals surface area (Å²) in [5.41, 5.74) is 2.52. The molecule has 0 radical (unpaired) electrons. The third-order valence-electron chi connectivity index (χ3n) is 6.60. The van der Waals surface area contributed by atoms with Crippen LogP contribution >= 0.6 is 0 Å². The summed E-state index contributed by atoms with van der Waals surface area (Å²) in [7, 11) is 1.42. The molecule has 1 aliphatic heterocycles. The average molecular weight is 536 g/mol. The number of aryl methyl sites for hydroxylation is 1. The maximum Gasteiger partial charge on any atom is 0.406 e. The zero-order valence-electron chi connectivity index (χ0n) is 20.5. The van der Waals surface area contributed by atoms with Gasteiger partial charge in [0.05, 0.1) is 30.7 Å². The number of nitrogens with zero attached hydrogens (tertiary/aromatic N) is 6. The molecular weight excluding hydrogens is 510 g/mol. The molecule has 0 spiro atoms. The highest BCUT2D eigenvalue weighted by Crippen LogP contribution is 2.34. The standard InChI is InChI=1S/C24H25F4N7O3/c1-13-29-18-4-3-14(9-19(18)34(13)12-24(26,27)28)15-5-8-35-21(15)22(38-2)31-23(32-35)30-17-6-7-33(10-16(17)25)20(37)11-36/h3-5,8-9,16-17,36H,6-7,10-12H2,1-2H3,(H,30,32)/t16-,17+/m1/s1. The number of anilines is 1. The van der Waals surface area contributed by atoms with E-state index in [-0.39, 0.29) is 30.7 Å². The molecule has 1 aliphatic rings. The van der Waals surface area contributed by atoms with Gasteiger partial charge in [-0.2, -0.15) is 18.2 Å². The van der Waals surface area contributed by atoms with Gasteiger partial charge in [0.25, 0.3) is 0 Å². The number of imidazole rings is 1. The lowest BCUT2D eigenvalue weighted by Crippen LogP contribution is -2.50. The van der Waals surface area contributed by atoms with Gasteiger partial charge in [-0.05, 0) is 37.1 Å². The van der Waals surface area contributed by atoms with Crippen molar-refractivity contribution in [2.75, 3.05) is 32.1 Å². The van der Waals surface area contributed by atoms with E-state index in [9.17, 15) is 22.4 Å². The van der Waals surface area contributed by atoms with Gasteiger partial charge >= 0.3 is 6.18 Å². The number of amides is 1. The van der Waals surface area contributed by atoms with Gasteiger partial charge in [-0.15, -0.1) is 5.10 Å². The summed E-state index contributed by atoms with van der Waals surface area (Å²) < 4.78 is 62.4. The Labute approximate surface area is 213 Å². The number of fused-ring (bicyclic) bond motifs is 2. The molecule has 3 aromatic heterocycles. The molecule has 1 saturated heterocycles. The number of aliphatic hydroxyl groups excluding tert-OH is 1. The van der Waals surface area contributed by atoms with Crippen LogP contribution in [0.3, 0.4) is 0 Å². The molecular formula is C24H25F4N7O3. The van der Waals surface area contributed by atoms with E-state index in [1.54, 1.807) is 30.5 Å². The average Bonchev–Trinajstić information content (AvgIpc) is 3.43. The van der Waals surface area contributed by atoms with Crippen LogP contribution in [0.25, 0.3) is 27.7 Å². The summed E-state index contributed by atoms with van der Waals surface area (Å²) in [6.07, 6.45) is -3.86. The number of ether oxygens (including phenoxy) is 1. The van der Waals surface area contributed by atoms with E-state index in [1.807, 2.05) is 0 Å². The maximum absolute atomic E-state index is 14.8. The van der Waals surface area contributed by atoms with E-state index in [1.165, 1.54) is 23.4 Å². The van der Waals surface area contributed by atoms with Gasteiger partial charge in [0.15, 0.2) is 0 Å². The van der Waals surface area contributed by atoms with E-state index in [0.717, 1.165) is 4.57 Å². The Kier molecular flexibility index (Phi) is 6.59. The molecule has 14 heteroatoms. The van der Waals surface area contributed by atoms with Gasteiger partial charge < -0.3 is 24.6 Å². The van der Waals surface area contributed by atoms with E-state index in [2.05, 4.69) is 20.4 Å². The second-order valence-corrected chi connectivity index (χ2v) is 9.08. The number of halogens is 4. The number of benzene rings is 1. The first kappa shape index (κ1) is 25.7. The number of alkyl halides is 4. The minimum absolute atomic E-state index is 0.111. The first-order valence-corrected chi connectivity index (χ1v) is 11.8. The Morgan fingerprint density at radius 3 is 2.74 bits per heavy atom. The number of piperidine rings is 1. The van der Waals surface area contributed by atoms with E-state index in [4.69, 9.17) is 9.84 Å². The second-order valence-electron chi connectivity index (χ2n) is 9.08. The zero-order valence-corrected chi connectivity index (χ0v) is 20.5. The monoisotopic (exact) mass is 535 g/mol. The number of aromatic nitrogens is 5. The highest BCUT2D eigenvalue weighted by molar-refractivity contribution is 5.90. The van der Waals surface area contributed by atoms with E-state index < -0.39 is 37.4 Å². The van der Waals surface area contributed by atoms with Crippen molar-refractivity contribution >= 4 is 28.4 Å². The molecule has 2 atom stereocenters. The van der Waals surface area contributed by atoms with Crippen LogP contribution in [-0.4, -0.2) is 85.3 Å². The molecule has 202 valence electrons. The van der Waals surface area contributed by atoms with Crippen LogP contribution in [0.4, 0.5) is 23.5 Å². The molecule has 0 saturated carbocycles. The Morgan fingerprint density at radius 2 is 2.05 bits per heavy atom. The second kappa shape index (κ2) is 9.74. The number of hydrogen-bond donors (Lipinski definition) is 2. The van der Waals surface area contributed by atoms with Crippen molar-refractivity contribution < 1.29 is 32.2 Å². The summed E-state index contributed by atoms with van der Waals surface area (Å²) in [4.78, 5) is 21.6. The molecule has 2 N–H and O–H groups in total. The number of methoxy groups -OCH3 is 1. The van der Waals surface area contributed by atoms with Crippen molar-refractivity contribution in [1.82, 2.24) is 29.0 Å². The third-order valence-corrected chi connectivity index (χ3v) is 6.60. The molecule has 1 fully saturated rings. The van der Waals surface area contributed by atoms with Gasteiger partial charge in [0.2, 0.25) is 17.7 Å². The largest absolute Gasteiger partial charge is 0.479 e. The molecule has 0 bridgehead atoms. The molecule has 1 aromatic carbocycles. The van der Waals surface area contributed by atoms with Crippen LogP contribution in [0.5, 0.6) is 5.88 Å². The van der Waals surface area contributed by atoms with Gasteiger partial charge in [0.1, 0.15) is 30.7 Å². The Bertz CT molecular complexity index is 1500. The third kappa shape index (κ3) is 4.83. The lowest BCUT2D eigenvalue weighted by molar-refractivity contribution is -0.140. The van der Waals surface area contributed by atoms with Crippen molar-refractivity contribution in [1.29, 1.82) is 0 Å². The molecule has 1 amide bonds. The van der Waals surface area contributed by atoms with Crippen LogP contribution in [-0.2, 0) is 11.3 Å². The fraction of sp³-hybridized carbons (Fsp3) is 0.417. The summed E-state index contributed by atoms with van der Waals surface area (Å²) in [6, 6.07) is 6.13. The Hall–Kier alpha value is -3.94. The SMILES string of the molecule is COc1nc(N[C@H]2CCN(C(=O)CO)C[C@H]2F)nn2ccc(-c3ccc4nc(C)n(CC(F)(F)F)c4c3)c12. The van der Waals surface area contributed by atoms with Crippen LogP contribution < -0.4 is 10.1 Å². The normalized spacial score (nSPS) is 18.3. The van der Waals surface area contributed by atoms with Gasteiger partial charge in [0, 0.05) is 18.3 Å². The molecule has 38 heavy (non-hydrogen) atoms. The number of rotatable bonds is 6. The quantitative estimate of drug-likeness (QED) is 0.366. The molecule has 5 rings (SSSR count). The van der Waals surface area contributed by atoms with Crippen molar-refractivity contribution in [3.05, 3.63) is 36.3 Å². The van der Waals surface area contributed by atoms with E-state index in [0.29, 0.717) is 34.1 Å². The summed E-state index contributed by atoms with van der Waals surface area (Å²) in [5, 5.41) is 16.4. The van der Waals surface area contributed by atoms with E-state index >= 15 is 0 Å². The highest BCUT2D eigenvalue weighted by Gasteiger charge is 2.32. The Balaban J connectivity index is 1.46. The predicted octanol–water partition coefficient (Wildman–Crippen LogP) is 2.97. The van der Waals surface area contributed by atoms with Crippen molar-refractivity contribution in [3.63, 3.8) is 0 Å². The van der Waals surface area contributed by atoms with Crippen LogP contribution in [0, 0.1) is 6.92 Å². The minimum atomic E-state index is -4.40. The highest BCUT2D eigenvalue weighted by atomic mass is 19.4. The number of likely N-dealkylation sites (tertiary alicyclic amines) is 1. The Morgan fingerprint density at radius 1 is 1.26 bits per heavy atom. The molecule has 4 heterocycles. The van der Waals surface area contributed by atoms with Gasteiger partial charge in [-0.3, -0.25) is 4.79 Å². The van der Waals surface area contributed by atoms with Crippen molar-refractivity contribution in [2.24, 2.45) is 0 Å². The smallest absolute Gasteiger partial charge is 0.406 e. The first-order chi connectivity index (χ1) is 18.1. The van der Waals surface area contributed by atoms with Gasteiger partial charge in [-0.25, -0.2) is 13.9 Å². The fourth-order valence-electron chi connectivity index (χ4n) is 4.78. The summed E-state index contributed by atoms with van der Waals surface area (Å²) in [6.45, 7) is -0.177. The number of hydrogen-bond acceptors (Lipinski definition) is 7. The van der Waals surface area contributed by atoms with Crippen LogP contribution in [0.15, 0.2) is 30.5 Å². The van der Waals surface area contributed by atoms with Crippen LogP contribution in [0.2, 0.25) is 0 Å². The van der Waals surface area contributed by atoms with Crippen molar-refractivity contribution in [2.45, 2.75) is 38.3 Å². The maximum atomic E-state index is 14.8. The lowest BCUT2D eigenvalue weighted by atomic mass is 10.0. The summed E-state index contributed by atoms with van der Waals surface area (Å²) >= 11 is 0. The molecule has 4 aromatic rings. The predicted molar refractivity (Wildman–Crippen MR) is 130 cm³/mol. The lowest BCUT2D eigenvalue weighted by Gasteiger charge is -2.34. The zero-order chi connectivity index (χ0) is 27.2. The van der Waals surface area contributed by atoms with Crippen molar-refractivity contribution in [3.8, 4) is 17.0 Å². The summed E-state index contributed by atoms with van der Waals surface area (Å²) in [5.74, 6) is 0.0250. The number of aliphatic hydroxyl groups is 1. The number of carbonyl (C=O) groups is 1. The number of nitrogens with one attached hydrogen (secondary N) is 1. The number of carbonyl (C=O) groups excluding carboxylic acids is 1. The molecule has 0 aliphatic carbocycles. The fourth-order valence-corrected chi connectivity index (χ4v) is 4.78. The molecule has 10 nitrogen and oxygen atoms in total. The van der Waals surface area contributed by atoms with Crippen LogP contribution in [0.1, 0.15) is 12.2 Å². The van der Waals surface area contributed by atoms with Gasteiger partial charge in [-0.1, -0.05) is 6.07 Å². The topological polar surface area (TPSA) is 110 Å². The first-order valence-electron chi connectivity index (χ1n) is 11.8. The molecule has 0 unspecified atom stereocenters. The minimum Gasteiger partial charge on any atom is -0.479 e.